The van der Waals surface area contributed by atoms with Crippen LogP contribution in [-0.2, 0) is 11.2 Å². The Kier molecular flexibility index (Phi) is 4.87. The number of piperidine rings is 1. The van der Waals surface area contributed by atoms with Gasteiger partial charge >= 0.3 is 0 Å². The summed E-state index contributed by atoms with van der Waals surface area (Å²) in [6.07, 6.45) is 2.43. The molecule has 4 rings (SSSR count). The van der Waals surface area contributed by atoms with E-state index in [-0.39, 0.29) is 17.6 Å². The topological polar surface area (TPSA) is 64.4 Å². The highest BCUT2D eigenvalue weighted by atomic mass is 16.2. The molecule has 0 atom stereocenters. The van der Waals surface area contributed by atoms with Crippen LogP contribution in [0.3, 0.4) is 0 Å². The van der Waals surface area contributed by atoms with Gasteiger partial charge in [0.15, 0.2) is 5.78 Å². The number of benzene rings is 2. The maximum Gasteiger partial charge on any atom is 0.230 e. The maximum absolute atomic E-state index is 13.1. The lowest BCUT2D eigenvalue weighted by Gasteiger charge is -2.35. The van der Waals surface area contributed by atoms with Gasteiger partial charge in [-0.2, -0.15) is 5.26 Å². The Morgan fingerprint density at radius 2 is 1.79 bits per heavy atom. The van der Waals surface area contributed by atoms with Gasteiger partial charge in [-0.15, -0.1) is 0 Å². The zero-order chi connectivity index (χ0) is 19.7. The average Bonchev–Trinajstić information content (AvgIpc) is 3.17. The third kappa shape index (κ3) is 3.27. The molecule has 1 fully saturated rings. The average molecular weight is 373 g/mol. The fourth-order valence-corrected chi connectivity index (χ4v) is 4.26. The standard InChI is InChI=1S/C23H23N3O2/c1-16(27)19-6-7-20(15-24)22(14-19)25-11-8-18(9-12-25)23(28)26-13-10-17-4-2-3-5-21(17)26/h2-7,14,18H,8-13H2,1H3. The van der Waals surface area contributed by atoms with Crippen molar-refractivity contribution in [1.29, 1.82) is 5.26 Å². The molecule has 0 aliphatic carbocycles. The van der Waals surface area contributed by atoms with Crippen LogP contribution in [0.25, 0.3) is 0 Å². The molecule has 2 aromatic carbocycles. The van der Waals surface area contributed by atoms with Crippen LogP contribution in [0, 0.1) is 17.2 Å². The van der Waals surface area contributed by atoms with Crippen molar-refractivity contribution in [2.75, 3.05) is 29.4 Å². The van der Waals surface area contributed by atoms with Crippen molar-refractivity contribution in [3.8, 4) is 6.07 Å². The molecule has 1 saturated heterocycles. The normalized spacial score (nSPS) is 16.6. The molecule has 2 aliphatic rings. The molecular formula is C23H23N3O2. The van der Waals surface area contributed by atoms with Gasteiger partial charge in [0.1, 0.15) is 6.07 Å². The number of anilines is 2. The summed E-state index contributed by atoms with van der Waals surface area (Å²) >= 11 is 0. The van der Waals surface area contributed by atoms with E-state index in [1.54, 1.807) is 18.2 Å². The number of carbonyl (C=O) groups excluding carboxylic acids is 2. The van der Waals surface area contributed by atoms with Gasteiger partial charge in [0, 0.05) is 36.8 Å². The molecule has 0 spiro atoms. The fourth-order valence-electron chi connectivity index (χ4n) is 4.26. The predicted molar refractivity (Wildman–Crippen MR) is 109 cm³/mol. The lowest BCUT2D eigenvalue weighted by molar-refractivity contribution is -0.122. The van der Waals surface area contributed by atoms with Crippen LogP contribution >= 0.6 is 0 Å². The summed E-state index contributed by atoms with van der Waals surface area (Å²) in [5.41, 5.74) is 4.28. The summed E-state index contributed by atoms with van der Waals surface area (Å²) in [6, 6.07) is 15.6. The van der Waals surface area contributed by atoms with Gasteiger partial charge in [0.05, 0.1) is 11.3 Å². The van der Waals surface area contributed by atoms with Gasteiger partial charge in [-0.25, -0.2) is 0 Å². The van der Waals surface area contributed by atoms with Crippen LogP contribution in [0.15, 0.2) is 42.5 Å². The van der Waals surface area contributed by atoms with Gasteiger partial charge in [-0.05, 0) is 56.0 Å². The maximum atomic E-state index is 13.1. The smallest absolute Gasteiger partial charge is 0.230 e. The second kappa shape index (κ2) is 7.47. The number of nitrogens with zero attached hydrogens (tertiary/aromatic N) is 3. The number of nitriles is 1. The van der Waals surface area contributed by atoms with Crippen molar-refractivity contribution in [1.82, 2.24) is 0 Å². The number of amides is 1. The van der Waals surface area contributed by atoms with Crippen molar-refractivity contribution in [3.63, 3.8) is 0 Å². The van der Waals surface area contributed by atoms with Crippen molar-refractivity contribution in [2.24, 2.45) is 5.92 Å². The highest BCUT2D eigenvalue weighted by Crippen LogP contribution is 2.32. The molecule has 0 bridgehead atoms. The summed E-state index contributed by atoms with van der Waals surface area (Å²) in [4.78, 5) is 28.9. The molecule has 28 heavy (non-hydrogen) atoms. The summed E-state index contributed by atoms with van der Waals surface area (Å²) in [6.45, 7) is 3.71. The number of para-hydroxylation sites is 1. The van der Waals surface area contributed by atoms with Crippen molar-refractivity contribution in [2.45, 2.75) is 26.2 Å². The van der Waals surface area contributed by atoms with Crippen molar-refractivity contribution < 1.29 is 9.59 Å². The zero-order valence-corrected chi connectivity index (χ0v) is 16.0. The number of Topliss-reactive ketones (excluding diaryl/α,β-unsaturated/α-hetero) is 1. The van der Waals surface area contributed by atoms with E-state index in [4.69, 9.17) is 0 Å². The van der Waals surface area contributed by atoms with Crippen molar-refractivity contribution in [3.05, 3.63) is 59.2 Å². The molecule has 5 heteroatoms. The minimum absolute atomic E-state index is 0.00364. The number of carbonyl (C=O) groups is 2. The van der Waals surface area contributed by atoms with Gasteiger partial charge in [0.25, 0.3) is 0 Å². The van der Waals surface area contributed by atoms with Gasteiger partial charge in [-0.1, -0.05) is 18.2 Å². The molecular weight excluding hydrogens is 350 g/mol. The van der Waals surface area contributed by atoms with Crippen LogP contribution in [0.5, 0.6) is 0 Å². The Balaban J connectivity index is 1.47. The van der Waals surface area contributed by atoms with E-state index in [2.05, 4.69) is 17.0 Å². The molecule has 0 aromatic heterocycles. The highest BCUT2D eigenvalue weighted by molar-refractivity contribution is 5.97. The van der Waals surface area contributed by atoms with E-state index in [0.29, 0.717) is 24.2 Å². The Morgan fingerprint density at radius 3 is 2.50 bits per heavy atom. The van der Waals surface area contributed by atoms with E-state index in [1.807, 2.05) is 23.1 Å². The molecule has 0 radical (unpaired) electrons. The third-order valence-electron chi connectivity index (χ3n) is 5.86. The molecule has 142 valence electrons. The van der Waals surface area contributed by atoms with E-state index < -0.39 is 0 Å². The van der Waals surface area contributed by atoms with E-state index >= 15 is 0 Å². The second-order valence-electron chi connectivity index (χ2n) is 7.53. The van der Waals surface area contributed by atoms with Crippen LogP contribution < -0.4 is 9.80 Å². The molecule has 2 aromatic rings. The Hall–Kier alpha value is -3.13. The summed E-state index contributed by atoms with van der Waals surface area (Å²) in [5, 5.41) is 9.43. The number of fused-ring (bicyclic) bond motifs is 1. The van der Waals surface area contributed by atoms with Gasteiger partial charge < -0.3 is 9.80 Å². The minimum atomic E-state index is -0.0106. The second-order valence-corrected chi connectivity index (χ2v) is 7.53. The molecule has 0 unspecified atom stereocenters. The molecule has 0 N–H and O–H groups in total. The minimum Gasteiger partial charge on any atom is -0.370 e. The van der Waals surface area contributed by atoms with E-state index in [9.17, 15) is 14.9 Å². The van der Waals surface area contributed by atoms with Crippen LogP contribution in [0.1, 0.15) is 41.3 Å². The first-order chi connectivity index (χ1) is 13.6. The Bertz CT molecular complexity index is 968. The number of hydrogen-bond acceptors (Lipinski definition) is 4. The van der Waals surface area contributed by atoms with Gasteiger partial charge in [0.2, 0.25) is 5.91 Å². The summed E-state index contributed by atoms with van der Waals surface area (Å²) in [5.74, 6) is 0.204. The van der Waals surface area contributed by atoms with Crippen LogP contribution in [0.4, 0.5) is 11.4 Å². The molecule has 1 amide bonds. The van der Waals surface area contributed by atoms with Crippen LogP contribution in [-0.4, -0.2) is 31.3 Å². The Labute approximate surface area is 165 Å². The molecule has 2 aliphatic heterocycles. The van der Waals surface area contributed by atoms with Gasteiger partial charge in [-0.3, -0.25) is 9.59 Å². The predicted octanol–water partition coefficient (Wildman–Crippen LogP) is 3.57. The van der Waals surface area contributed by atoms with Crippen molar-refractivity contribution >= 4 is 23.1 Å². The Morgan fingerprint density at radius 1 is 1.04 bits per heavy atom. The SMILES string of the molecule is CC(=O)c1ccc(C#N)c(N2CCC(C(=O)N3CCc4ccccc43)CC2)c1. The molecule has 5 nitrogen and oxygen atoms in total. The first-order valence-corrected chi connectivity index (χ1v) is 9.78. The number of ketones is 1. The van der Waals surface area contributed by atoms with E-state index in [0.717, 1.165) is 37.2 Å². The number of rotatable bonds is 3. The summed E-state index contributed by atoms with van der Waals surface area (Å²) in [7, 11) is 0. The monoisotopic (exact) mass is 373 g/mol. The van der Waals surface area contributed by atoms with Crippen LogP contribution in [0.2, 0.25) is 0 Å². The first-order valence-electron chi connectivity index (χ1n) is 9.78. The summed E-state index contributed by atoms with van der Waals surface area (Å²) < 4.78 is 0. The quantitative estimate of drug-likeness (QED) is 0.772. The molecule has 0 saturated carbocycles. The lowest BCUT2D eigenvalue weighted by Crippen LogP contribution is -2.42. The third-order valence-corrected chi connectivity index (χ3v) is 5.86. The first kappa shape index (κ1) is 18.2. The number of hydrogen-bond donors (Lipinski definition) is 0. The highest BCUT2D eigenvalue weighted by Gasteiger charge is 2.32. The fraction of sp³-hybridized carbons (Fsp3) is 0.348. The lowest BCUT2D eigenvalue weighted by atomic mass is 9.94. The largest absolute Gasteiger partial charge is 0.370 e. The molecule has 2 heterocycles. The zero-order valence-electron chi connectivity index (χ0n) is 16.0. The van der Waals surface area contributed by atoms with E-state index in [1.165, 1.54) is 12.5 Å².